The molecule has 1 aliphatic rings. The minimum Gasteiger partial charge on any atom is -0.465 e. The number of hydrogen-bond acceptors (Lipinski definition) is 7. The van der Waals surface area contributed by atoms with Crippen LogP contribution in [0.25, 0.3) is 0 Å². The lowest BCUT2D eigenvalue weighted by molar-refractivity contribution is -0.165. The van der Waals surface area contributed by atoms with E-state index in [0.29, 0.717) is 19.4 Å². The molecule has 174 valence electrons. The molecule has 0 aliphatic carbocycles. The molecule has 0 amide bonds. The third kappa shape index (κ3) is 7.45. The van der Waals surface area contributed by atoms with Crippen molar-refractivity contribution in [1.82, 2.24) is 5.01 Å². The summed E-state index contributed by atoms with van der Waals surface area (Å²) in [6.07, 6.45) is -3.91. The van der Waals surface area contributed by atoms with Crippen molar-refractivity contribution in [2.45, 2.75) is 59.2 Å². The van der Waals surface area contributed by atoms with Crippen molar-refractivity contribution < 1.29 is 37.0 Å². The Labute approximate surface area is 175 Å². The number of hydrogen-bond donors (Lipinski definition) is 0. The lowest BCUT2D eigenvalue weighted by atomic mass is 9.79. The summed E-state index contributed by atoms with van der Waals surface area (Å²) in [5, 5.41) is 5.30. The first kappa shape index (κ1) is 26.2. The number of carbonyl (C=O) groups excluding carboxylic acids is 2. The van der Waals surface area contributed by atoms with Gasteiger partial charge in [0.25, 0.3) is 0 Å². The minimum absolute atomic E-state index is 0.00620. The molecular weight excluding hydrogens is 405 g/mol. The van der Waals surface area contributed by atoms with E-state index < -0.39 is 48.0 Å². The normalized spacial score (nSPS) is 18.8. The number of alkyl halides is 3. The molecule has 0 aromatic carbocycles. The van der Waals surface area contributed by atoms with Crippen LogP contribution >= 0.6 is 0 Å². The first-order chi connectivity index (χ1) is 14.1. The molecule has 10 heteroatoms. The van der Waals surface area contributed by atoms with Crippen LogP contribution in [0.2, 0.25) is 0 Å². The Morgan fingerprint density at radius 1 is 1.13 bits per heavy atom. The van der Waals surface area contributed by atoms with Crippen LogP contribution in [0.1, 0.15) is 47.0 Å². The van der Waals surface area contributed by atoms with E-state index in [1.54, 1.807) is 27.7 Å². The molecule has 7 nitrogen and oxygen atoms in total. The summed E-state index contributed by atoms with van der Waals surface area (Å²) < 4.78 is 56.6. The monoisotopic (exact) mass is 438 g/mol. The molecule has 0 saturated carbocycles. The molecule has 1 saturated heterocycles. The molecule has 1 aliphatic heterocycles. The molecule has 0 unspecified atom stereocenters. The highest BCUT2D eigenvalue weighted by Gasteiger charge is 2.45. The molecule has 0 bridgehead atoms. The van der Waals surface area contributed by atoms with Crippen molar-refractivity contribution >= 4 is 17.7 Å². The number of nitrogens with zero attached hydrogens (tertiary/aromatic N) is 2. The van der Waals surface area contributed by atoms with Crippen LogP contribution in [0.5, 0.6) is 0 Å². The second-order valence-corrected chi connectivity index (χ2v) is 7.55. The summed E-state index contributed by atoms with van der Waals surface area (Å²) in [4.78, 5) is 24.9. The quantitative estimate of drug-likeness (QED) is 0.280. The van der Waals surface area contributed by atoms with Gasteiger partial charge in [0.05, 0.1) is 25.9 Å². The summed E-state index contributed by atoms with van der Waals surface area (Å²) in [7, 11) is 1.49. The smallest absolute Gasteiger partial charge is 0.431 e. The minimum atomic E-state index is -4.71. The fourth-order valence-electron chi connectivity index (χ4n) is 3.55. The molecule has 30 heavy (non-hydrogen) atoms. The molecule has 0 N–H and O–H groups in total. The summed E-state index contributed by atoms with van der Waals surface area (Å²) in [6.45, 7) is 7.13. The van der Waals surface area contributed by atoms with Crippen LogP contribution in [0, 0.1) is 17.8 Å². The van der Waals surface area contributed by atoms with Gasteiger partial charge in [0, 0.05) is 20.1 Å². The van der Waals surface area contributed by atoms with Gasteiger partial charge in [-0.2, -0.15) is 18.3 Å². The Kier molecular flexibility index (Phi) is 10.6. The van der Waals surface area contributed by atoms with Crippen LogP contribution in [0.3, 0.4) is 0 Å². The van der Waals surface area contributed by atoms with Crippen molar-refractivity contribution in [3.05, 3.63) is 0 Å². The van der Waals surface area contributed by atoms with Gasteiger partial charge in [-0.05, 0) is 38.5 Å². The number of esters is 2. The lowest BCUT2D eigenvalue weighted by Gasteiger charge is -2.29. The Morgan fingerprint density at radius 3 is 2.13 bits per heavy atom. The Hall–Kier alpha value is -1.84. The third-order valence-electron chi connectivity index (χ3n) is 5.08. The van der Waals surface area contributed by atoms with Gasteiger partial charge < -0.3 is 14.2 Å². The maximum atomic E-state index is 13.9. The van der Waals surface area contributed by atoms with E-state index >= 15 is 0 Å². The lowest BCUT2D eigenvalue weighted by Crippen LogP contribution is -2.41. The third-order valence-corrected chi connectivity index (χ3v) is 5.08. The summed E-state index contributed by atoms with van der Waals surface area (Å²) in [5.41, 5.74) is -1.03. The zero-order chi connectivity index (χ0) is 22.9. The van der Waals surface area contributed by atoms with Gasteiger partial charge in [-0.15, -0.1) is 0 Å². The van der Waals surface area contributed by atoms with Gasteiger partial charge in [-0.1, -0.05) is 13.8 Å². The van der Waals surface area contributed by atoms with E-state index in [2.05, 4.69) is 5.10 Å². The molecule has 1 fully saturated rings. The maximum absolute atomic E-state index is 13.9. The van der Waals surface area contributed by atoms with Crippen LogP contribution in [-0.4, -0.2) is 68.4 Å². The molecule has 0 radical (unpaired) electrons. The number of methoxy groups -OCH3 is 1. The number of halogens is 3. The standard InChI is InChI=1S/C20H33F3N2O5/c1-6-29-18(26)17(19(27)30-7-2)15(13(3)4)11-16(20(21,22)23)24-25-10-8-9-14(25)12-28-5/h13-15,17H,6-12H2,1-5H3/b24-16-/t14-,15-/m0/s1. The van der Waals surface area contributed by atoms with Crippen LogP contribution in [-0.2, 0) is 23.8 Å². The SMILES string of the molecule is CCOC(=O)C(C(=O)OCC)[C@@H](C/C(=N/N1CCC[C@H]1COC)C(F)(F)F)C(C)C. The summed E-state index contributed by atoms with van der Waals surface area (Å²) in [6, 6.07) is -0.240. The second kappa shape index (κ2) is 12.1. The predicted octanol–water partition coefficient (Wildman–Crippen LogP) is 3.42. The zero-order valence-electron chi connectivity index (χ0n) is 18.3. The largest absolute Gasteiger partial charge is 0.465 e. The van der Waals surface area contributed by atoms with Crippen molar-refractivity contribution in [3.63, 3.8) is 0 Å². The number of carbonyl (C=O) groups is 2. The van der Waals surface area contributed by atoms with Gasteiger partial charge >= 0.3 is 18.1 Å². The highest BCUT2D eigenvalue weighted by atomic mass is 19.4. The van der Waals surface area contributed by atoms with Gasteiger partial charge in [-0.3, -0.25) is 14.6 Å². The van der Waals surface area contributed by atoms with E-state index in [1.165, 1.54) is 12.1 Å². The molecular formula is C20H33F3N2O5. The maximum Gasteiger partial charge on any atom is 0.431 e. The molecule has 1 heterocycles. The number of rotatable bonds is 11. The van der Waals surface area contributed by atoms with Gasteiger partial charge in [0.2, 0.25) is 0 Å². The Balaban J connectivity index is 3.27. The summed E-state index contributed by atoms with van der Waals surface area (Å²) in [5.74, 6) is -4.62. The van der Waals surface area contributed by atoms with Crippen molar-refractivity contribution in [2.24, 2.45) is 22.9 Å². The van der Waals surface area contributed by atoms with Crippen LogP contribution < -0.4 is 0 Å². The van der Waals surface area contributed by atoms with E-state index in [9.17, 15) is 22.8 Å². The second-order valence-electron chi connectivity index (χ2n) is 7.55. The van der Waals surface area contributed by atoms with Gasteiger partial charge in [-0.25, -0.2) is 0 Å². The Morgan fingerprint density at radius 2 is 1.70 bits per heavy atom. The topological polar surface area (TPSA) is 77.4 Å². The molecule has 0 aromatic heterocycles. The first-order valence-corrected chi connectivity index (χ1v) is 10.3. The molecule has 2 atom stereocenters. The average molecular weight is 438 g/mol. The van der Waals surface area contributed by atoms with Crippen LogP contribution in [0.15, 0.2) is 5.10 Å². The van der Waals surface area contributed by atoms with Crippen LogP contribution in [0.4, 0.5) is 13.2 Å². The first-order valence-electron chi connectivity index (χ1n) is 10.3. The number of ether oxygens (including phenoxy) is 3. The van der Waals surface area contributed by atoms with Crippen molar-refractivity contribution in [2.75, 3.05) is 33.5 Å². The zero-order valence-corrected chi connectivity index (χ0v) is 18.3. The summed E-state index contributed by atoms with van der Waals surface area (Å²) >= 11 is 0. The van der Waals surface area contributed by atoms with E-state index in [4.69, 9.17) is 14.2 Å². The van der Waals surface area contributed by atoms with E-state index in [0.717, 1.165) is 0 Å². The fraction of sp³-hybridized carbons (Fsp3) is 0.850. The highest BCUT2D eigenvalue weighted by molar-refractivity contribution is 5.97. The van der Waals surface area contributed by atoms with E-state index in [-0.39, 0.29) is 25.9 Å². The van der Waals surface area contributed by atoms with Gasteiger partial charge in [0.15, 0.2) is 5.92 Å². The Bertz CT molecular complexity index is 577. The van der Waals surface area contributed by atoms with Crippen molar-refractivity contribution in [1.29, 1.82) is 0 Å². The molecule has 0 spiro atoms. The molecule has 0 aromatic rings. The predicted molar refractivity (Wildman–Crippen MR) is 105 cm³/mol. The average Bonchev–Trinajstić information content (AvgIpc) is 3.07. The fourth-order valence-corrected chi connectivity index (χ4v) is 3.55. The van der Waals surface area contributed by atoms with Gasteiger partial charge in [0.1, 0.15) is 5.71 Å². The van der Waals surface area contributed by atoms with E-state index in [1.807, 2.05) is 0 Å². The molecule has 1 rings (SSSR count). The van der Waals surface area contributed by atoms with Crippen molar-refractivity contribution in [3.8, 4) is 0 Å². The number of hydrazone groups is 1. The highest BCUT2D eigenvalue weighted by Crippen LogP contribution is 2.33.